The Morgan fingerprint density at radius 2 is 1.71 bits per heavy atom. The van der Waals surface area contributed by atoms with Gasteiger partial charge in [-0.2, -0.15) is 9.97 Å². The molecule has 0 aliphatic heterocycles. The molecule has 0 unspecified atom stereocenters. The van der Waals surface area contributed by atoms with E-state index in [4.69, 9.17) is 11.5 Å². The van der Waals surface area contributed by atoms with Gasteiger partial charge in [0.25, 0.3) is 5.69 Å². The number of rotatable bonds is 8. The van der Waals surface area contributed by atoms with E-state index in [1.165, 1.54) is 12.1 Å². The van der Waals surface area contributed by atoms with Gasteiger partial charge < -0.3 is 22.1 Å². The van der Waals surface area contributed by atoms with Gasteiger partial charge in [0.05, 0.1) is 10.4 Å². The van der Waals surface area contributed by atoms with E-state index in [0.717, 1.165) is 11.3 Å². The predicted octanol–water partition coefficient (Wildman–Crippen LogP) is 5.01. The summed E-state index contributed by atoms with van der Waals surface area (Å²) in [6.07, 6.45) is 1.85. The molecule has 11 nitrogen and oxygen atoms in total. The van der Waals surface area contributed by atoms with Crippen molar-refractivity contribution in [3.05, 3.63) is 106 Å². The fraction of sp³-hybridized carbons (Fsp3) is 0.0370. The van der Waals surface area contributed by atoms with Crippen molar-refractivity contribution in [1.82, 2.24) is 15.0 Å². The standard InChI is InChI=1S/C27H22N8O3/c28-25-15-26(34-27(29)33-25)32-19-3-1-2-17(13-19)24(36)12-16-4-6-18(7-5-16)31-23-10-11-30-22-9-8-20(35(37)38)14-21(22)23/h1-11,13-15H,12H2,(H,30,31)(H5,28,29,32,33,34). The summed E-state index contributed by atoms with van der Waals surface area (Å²) in [6, 6.07) is 22.4. The van der Waals surface area contributed by atoms with E-state index in [0.29, 0.717) is 33.7 Å². The van der Waals surface area contributed by atoms with Gasteiger partial charge in [-0.05, 0) is 42.0 Å². The highest BCUT2D eigenvalue weighted by Gasteiger charge is 2.11. The van der Waals surface area contributed by atoms with Crippen LogP contribution in [0.15, 0.2) is 85.1 Å². The normalized spacial score (nSPS) is 10.7. The molecule has 5 rings (SSSR count). The molecule has 11 heteroatoms. The van der Waals surface area contributed by atoms with Crippen LogP contribution in [0, 0.1) is 10.1 Å². The van der Waals surface area contributed by atoms with Crippen LogP contribution < -0.4 is 22.1 Å². The maximum Gasteiger partial charge on any atom is 0.270 e. The highest BCUT2D eigenvalue weighted by atomic mass is 16.6. The third-order valence-electron chi connectivity index (χ3n) is 5.75. The first-order valence-corrected chi connectivity index (χ1v) is 11.5. The fourth-order valence-corrected chi connectivity index (χ4v) is 3.97. The summed E-state index contributed by atoms with van der Waals surface area (Å²) in [4.78, 5) is 35.9. The fourth-order valence-electron chi connectivity index (χ4n) is 3.97. The van der Waals surface area contributed by atoms with Crippen molar-refractivity contribution in [2.75, 3.05) is 22.1 Å². The number of anilines is 6. The number of nitro benzene ring substituents is 1. The first-order valence-electron chi connectivity index (χ1n) is 11.5. The van der Waals surface area contributed by atoms with E-state index < -0.39 is 4.92 Å². The molecule has 38 heavy (non-hydrogen) atoms. The lowest BCUT2D eigenvalue weighted by Crippen LogP contribution is -2.05. The molecule has 0 amide bonds. The lowest BCUT2D eigenvalue weighted by molar-refractivity contribution is -0.384. The third kappa shape index (κ3) is 5.46. The SMILES string of the molecule is Nc1cc(Nc2cccc(C(=O)Cc3ccc(Nc4ccnc5ccc([N+](=O)[O-])cc45)cc3)c2)nc(N)n1. The van der Waals surface area contributed by atoms with Gasteiger partial charge in [-0.1, -0.05) is 24.3 Å². The van der Waals surface area contributed by atoms with E-state index in [-0.39, 0.29) is 29.7 Å². The second-order valence-corrected chi connectivity index (χ2v) is 8.48. The van der Waals surface area contributed by atoms with Crippen LogP contribution in [0.5, 0.6) is 0 Å². The number of non-ortho nitro benzene ring substituents is 1. The second-order valence-electron chi connectivity index (χ2n) is 8.48. The Balaban J connectivity index is 1.28. The molecule has 2 aromatic heterocycles. The molecule has 5 aromatic rings. The number of hydrogen-bond acceptors (Lipinski definition) is 10. The topological polar surface area (TPSA) is 175 Å². The molecule has 2 heterocycles. The smallest absolute Gasteiger partial charge is 0.270 e. The lowest BCUT2D eigenvalue weighted by atomic mass is 10.0. The Morgan fingerprint density at radius 3 is 2.47 bits per heavy atom. The van der Waals surface area contributed by atoms with Crippen LogP contribution in [0.3, 0.4) is 0 Å². The van der Waals surface area contributed by atoms with Crippen LogP contribution in [-0.2, 0) is 6.42 Å². The Labute approximate surface area is 216 Å². The van der Waals surface area contributed by atoms with Crippen LogP contribution in [0.1, 0.15) is 15.9 Å². The van der Waals surface area contributed by atoms with Gasteiger partial charge in [-0.3, -0.25) is 19.9 Å². The van der Waals surface area contributed by atoms with Crippen LogP contribution in [0.2, 0.25) is 0 Å². The maximum absolute atomic E-state index is 13.0. The Hall–Kier alpha value is -5.58. The lowest BCUT2D eigenvalue weighted by Gasteiger charge is -2.11. The van der Waals surface area contributed by atoms with Gasteiger partial charge in [0.2, 0.25) is 5.95 Å². The number of aromatic nitrogens is 3. The molecule has 0 saturated carbocycles. The van der Waals surface area contributed by atoms with E-state index in [9.17, 15) is 14.9 Å². The zero-order valence-electron chi connectivity index (χ0n) is 20.0. The number of benzene rings is 3. The van der Waals surface area contributed by atoms with Gasteiger partial charge in [-0.25, -0.2) is 0 Å². The van der Waals surface area contributed by atoms with Crippen molar-refractivity contribution in [2.24, 2.45) is 0 Å². The Kier molecular flexibility index (Phi) is 6.47. The summed E-state index contributed by atoms with van der Waals surface area (Å²) < 4.78 is 0. The molecule has 0 aliphatic rings. The molecule has 0 spiro atoms. The first-order chi connectivity index (χ1) is 18.3. The largest absolute Gasteiger partial charge is 0.383 e. The minimum absolute atomic E-state index is 0.00743. The number of nitrogens with zero attached hydrogens (tertiary/aromatic N) is 4. The molecule has 188 valence electrons. The number of pyridine rings is 1. The van der Waals surface area contributed by atoms with Gasteiger partial charge in [-0.15, -0.1) is 0 Å². The molecular weight excluding hydrogens is 484 g/mol. The van der Waals surface area contributed by atoms with Crippen molar-refractivity contribution in [1.29, 1.82) is 0 Å². The molecular formula is C27H22N8O3. The van der Waals surface area contributed by atoms with Crippen LogP contribution in [-0.4, -0.2) is 25.7 Å². The molecule has 0 fully saturated rings. The van der Waals surface area contributed by atoms with E-state index in [1.54, 1.807) is 42.6 Å². The first kappa shape index (κ1) is 24.1. The summed E-state index contributed by atoms with van der Waals surface area (Å²) >= 11 is 0. The van der Waals surface area contributed by atoms with Crippen molar-refractivity contribution in [3.63, 3.8) is 0 Å². The summed E-state index contributed by atoms with van der Waals surface area (Å²) in [7, 11) is 0. The molecule has 0 atom stereocenters. The maximum atomic E-state index is 13.0. The van der Waals surface area contributed by atoms with E-state index >= 15 is 0 Å². The van der Waals surface area contributed by atoms with Crippen LogP contribution in [0.4, 0.5) is 40.3 Å². The molecule has 0 radical (unpaired) electrons. The number of ketones is 1. The van der Waals surface area contributed by atoms with Gasteiger partial charge >= 0.3 is 0 Å². The predicted molar refractivity (Wildman–Crippen MR) is 147 cm³/mol. The number of nitrogens with one attached hydrogen (secondary N) is 2. The number of nitrogens with two attached hydrogens (primary N) is 2. The summed E-state index contributed by atoms with van der Waals surface area (Å²) in [5, 5.41) is 18.2. The van der Waals surface area contributed by atoms with Gasteiger partial charge in [0.15, 0.2) is 5.78 Å². The Bertz CT molecular complexity index is 1650. The number of Topliss-reactive ketones (excluding diaryl/α,β-unsaturated/α-hetero) is 1. The summed E-state index contributed by atoms with van der Waals surface area (Å²) in [6.45, 7) is 0. The number of nitrogen functional groups attached to an aromatic ring is 2. The number of fused-ring (bicyclic) bond motifs is 1. The average molecular weight is 507 g/mol. The highest BCUT2D eigenvalue weighted by Crippen LogP contribution is 2.28. The van der Waals surface area contributed by atoms with Crippen molar-refractivity contribution >= 4 is 57.0 Å². The monoisotopic (exact) mass is 506 g/mol. The molecule has 3 aromatic carbocycles. The molecule has 0 saturated heterocycles. The van der Waals surface area contributed by atoms with Gasteiger partial charge in [0.1, 0.15) is 11.6 Å². The van der Waals surface area contributed by atoms with Crippen LogP contribution >= 0.6 is 0 Å². The summed E-state index contributed by atoms with van der Waals surface area (Å²) in [5.74, 6) is 0.669. The number of nitro groups is 1. The number of hydrogen-bond donors (Lipinski definition) is 4. The average Bonchev–Trinajstić information content (AvgIpc) is 2.89. The van der Waals surface area contributed by atoms with Gasteiger partial charge in [0, 0.05) is 58.8 Å². The quantitative estimate of drug-likeness (QED) is 0.127. The highest BCUT2D eigenvalue weighted by molar-refractivity contribution is 5.98. The van der Waals surface area contributed by atoms with Crippen molar-refractivity contribution < 1.29 is 9.72 Å². The minimum atomic E-state index is -0.435. The molecule has 6 N–H and O–H groups in total. The minimum Gasteiger partial charge on any atom is -0.383 e. The number of carbonyl (C=O) groups is 1. The van der Waals surface area contributed by atoms with Crippen LogP contribution in [0.25, 0.3) is 10.9 Å². The van der Waals surface area contributed by atoms with E-state index in [2.05, 4.69) is 25.6 Å². The van der Waals surface area contributed by atoms with E-state index in [1.807, 2.05) is 30.3 Å². The number of carbonyl (C=O) groups excluding carboxylic acids is 1. The zero-order valence-corrected chi connectivity index (χ0v) is 20.0. The summed E-state index contributed by atoms with van der Waals surface area (Å²) in [5.41, 5.74) is 15.5. The molecule has 0 bridgehead atoms. The molecule has 0 aliphatic carbocycles. The zero-order chi connectivity index (χ0) is 26.6. The third-order valence-corrected chi connectivity index (χ3v) is 5.75. The van der Waals surface area contributed by atoms with Crippen molar-refractivity contribution in [3.8, 4) is 0 Å². The second kappa shape index (κ2) is 10.2. The van der Waals surface area contributed by atoms with Crippen molar-refractivity contribution in [2.45, 2.75) is 6.42 Å². The Morgan fingerprint density at radius 1 is 0.895 bits per heavy atom.